The van der Waals surface area contributed by atoms with E-state index in [9.17, 15) is 18.4 Å². The number of imide groups is 1. The number of hydrogen-bond acceptors (Lipinski definition) is 3. The molecule has 1 aromatic rings. The number of carbonyl (C=O) groups excluding carboxylic acids is 2. The van der Waals surface area contributed by atoms with Crippen LogP contribution in [-0.4, -0.2) is 25.5 Å². The molecule has 0 aliphatic carbocycles. The highest BCUT2D eigenvalue weighted by atomic mass is 127. The fraction of sp³-hybridized carbons (Fsp3) is 0.200. The van der Waals surface area contributed by atoms with Crippen LogP contribution in [0.5, 0.6) is 0 Å². The number of nitrogens with one attached hydrogen (secondary N) is 3. The molecule has 18 heavy (non-hydrogen) atoms. The molecular formula is C10H10F2IN3O2. The van der Waals surface area contributed by atoms with Gasteiger partial charge in [-0.25, -0.2) is 13.6 Å². The summed E-state index contributed by atoms with van der Waals surface area (Å²) < 4.78 is 26.2. The van der Waals surface area contributed by atoms with Crippen LogP contribution in [0.25, 0.3) is 0 Å². The maximum Gasteiger partial charge on any atom is 0.321 e. The second-order valence-electron chi connectivity index (χ2n) is 3.23. The first-order chi connectivity index (χ1) is 8.43. The molecular weight excluding hydrogens is 359 g/mol. The average Bonchev–Trinajstić information content (AvgIpc) is 2.33. The molecule has 0 atom stereocenters. The minimum atomic E-state index is -0.718. The van der Waals surface area contributed by atoms with Gasteiger partial charge in [-0.1, -0.05) is 0 Å². The van der Waals surface area contributed by atoms with E-state index in [1.807, 2.05) is 5.32 Å². The molecule has 5 nitrogen and oxygen atoms in total. The van der Waals surface area contributed by atoms with E-state index in [0.29, 0.717) is 0 Å². The Morgan fingerprint density at radius 3 is 2.33 bits per heavy atom. The number of urea groups is 1. The summed E-state index contributed by atoms with van der Waals surface area (Å²) in [5.41, 5.74) is 0.123. The number of carbonyl (C=O) groups is 2. The summed E-state index contributed by atoms with van der Waals surface area (Å²) in [5, 5.41) is 6.71. The molecule has 0 heterocycles. The first-order valence-electron chi connectivity index (χ1n) is 4.84. The lowest BCUT2D eigenvalue weighted by atomic mass is 10.3. The fourth-order valence-electron chi connectivity index (χ4n) is 1.07. The van der Waals surface area contributed by atoms with Crippen molar-refractivity contribution >= 4 is 40.2 Å². The molecule has 0 aromatic heterocycles. The van der Waals surface area contributed by atoms with Gasteiger partial charge in [-0.15, -0.1) is 0 Å². The standard InChI is InChI=1S/C10H10F2IN3O2/c1-14-10(18)16-8(17)4-15-5-2-6(11)9(13)7(12)3-5/h2-3,15H,4H2,1H3,(H2,14,16,17,18). The van der Waals surface area contributed by atoms with Crippen molar-refractivity contribution in [2.24, 2.45) is 0 Å². The van der Waals surface area contributed by atoms with Gasteiger partial charge in [0.05, 0.1) is 10.1 Å². The van der Waals surface area contributed by atoms with E-state index < -0.39 is 23.6 Å². The smallest absolute Gasteiger partial charge is 0.321 e. The van der Waals surface area contributed by atoms with Crippen LogP contribution in [0.3, 0.4) is 0 Å². The molecule has 3 N–H and O–H groups in total. The van der Waals surface area contributed by atoms with Crippen LogP contribution in [0, 0.1) is 15.2 Å². The second-order valence-corrected chi connectivity index (χ2v) is 4.31. The largest absolute Gasteiger partial charge is 0.376 e. The third kappa shape index (κ3) is 4.09. The Balaban J connectivity index is 2.59. The van der Waals surface area contributed by atoms with Crippen molar-refractivity contribution in [2.75, 3.05) is 18.9 Å². The van der Waals surface area contributed by atoms with Crippen molar-refractivity contribution in [3.63, 3.8) is 0 Å². The summed E-state index contributed by atoms with van der Waals surface area (Å²) in [7, 11) is 1.36. The zero-order chi connectivity index (χ0) is 13.7. The maximum absolute atomic E-state index is 13.2. The number of hydrogen-bond donors (Lipinski definition) is 3. The van der Waals surface area contributed by atoms with Gasteiger partial charge in [-0.05, 0) is 34.7 Å². The lowest BCUT2D eigenvalue weighted by Gasteiger charge is -2.08. The van der Waals surface area contributed by atoms with Gasteiger partial charge < -0.3 is 10.6 Å². The minimum absolute atomic E-state index is 0.118. The monoisotopic (exact) mass is 369 g/mol. The van der Waals surface area contributed by atoms with Crippen LogP contribution in [0.1, 0.15) is 0 Å². The zero-order valence-electron chi connectivity index (χ0n) is 9.31. The predicted molar refractivity (Wildman–Crippen MR) is 70.2 cm³/mol. The first kappa shape index (κ1) is 14.6. The zero-order valence-corrected chi connectivity index (χ0v) is 11.5. The lowest BCUT2D eigenvalue weighted by Crippen LogP contribution is -2.40. The van der Waals surface area contributed by atoms with Crippen LogP contribution in [0.15, 0.2) is 12.1 Å². The van der Waals surface area contributed by atoms with E-state index in [4.69, 9.17) is 0 Å². The topological polar surface area (TPSA) is 70.2 Å². The van der Waals surface area contributed by atoms with Crippen molar-refractivity contribution in [2.45, 2.75) is 0 Å². The molecule has 0 saturated heterocycles. The third-order valence-corrected chi connectivity index (χ3v) is 2.95. The highest BCUT2D eigenvalue weighted by Gasteiger charge is 2.10. The van der Waals surface area contributed by atoms with Gasteiger partial charge in [-0.2, -0.15) is 0 Å². The van der Waals surface area contributed by atoms with E-state index in [1.54, 1.807) is 0 Å². The Labute approximate surface area is 115 Å². The lowest BCUT2D eigenvalue weighted by molar-refractivity contribution is -0.118. The molecule has 0 spiro atoms. The van der Waals surface area contributed by atoms with Gasteiger partial charge in [0.2, 0.25) is 5.91 Å². The molecule has 3 amide bonds. The third-order valence-electron chi connectivity index (χ3n) is 1.92. The highest BCUT2D eigenvalue weighted by Crippen LogP contribution is 2.20. The Morgan fingerprint density at radius 2 is 1.83 bits per heavy atom. The van der Waals surface area contributed by atoms with Crippen molar-refractivity contribution in [3.8, 4) is 0 Å². The van der Waals surface area contributed by atoms with Crippen LogP contribution >= 0.6 is 22.6 Å². The summed E-state index contributed by atoms with van der Waals surface area (Å²) in [6.45, 7) is -0.271. The fourth-order valence-corrected chi connectivity index (χ4v) is 1.38. The summed E-state index contributed by atoms with van der Waals surface area (Å²) in [5.74, 6) is -2.05. The van der Waals surface area contributed by atoms with Gasteiger partial charge in [0.15, 0.2) is 0 Å². The normalized spacial score (nSPS) is 9.78. The number of halogens is 3. The molecule has 8 heteroatoms. The molecule has 0 unspecified atom stereocenters. The molecule has 1 aromatic carbocycles. The quantitative estimate of drug-likeness (QED) is 0.558. The number of amides is 3. The molecule has 0 aliphatic heterocycles. The SMILES string of the molecule is CNC(=O)NC(=O)CNc1cc(F)c(I)c(F)c1. The first-order valence-corrected chi connectivity index (χ1v) is 5.92. The number of anilines is 1. The van der Waals surface area contributed by atoms with Crippen molar-refractivity contribution in [3.05, 3.63) is 27.3 Å². The number of rotatable bonds is 3. The molecule has 0 fully saturated rings. The molecule has 0 aliphatic rings. The molecule has 98 valence electrons. The molecule has 0 saturated carbocycles. The van der Waals surface area contributed by atoms with Crippen LogP contribution in [0.2, 0.25) is 0 Å². The van der Waals surface area contributed by atoms with Gasteiger partial charge in [0.1, 0.15) is 11.6 Å². The van der Waals surface area contributed by atoms with E-state index in [0.717, 1.165) is 12.1 Å². The van der Waals surface area contributed by atoms with Crippen LogP contribution < -0.4 is 16.0 Å². The maximum atomic E-state index is 13.2. The highest BCUT2D eigenvalue weighted by molar-refractivity contribution is 14.1. The number of benzene rings is 1. The molecule has 0 radical (unpaired) electrons. The molecule has 0 bridgehead atoms. The molecule has 1 rings (SSSR count). The summed E-state index contributed by atoms with van der Waals surface area (Å²) in [6.07, 6.45) is 0. The van der Waals surface area contributed by atoms with Crippen molar-refractivity contribution in [1.82, 2.24) is 10.6 Å². The van der Waals surface area contributed by atoms with Crippen LogP contribution in [0.4, 0.5) is 19.3 Å². The summed E-state index contributed by atoms with van der Waals surface area (Å²) in [4.78, 5) is 22.0. The Hall–Kier alpha value is -1.45. The van der Waals surface area contributed by atoms with E-state index >= 15 is 0 Å². The van der Waals surface area contributed by atoms with Gasteiger partial charge in [0, 0.05) is 12.7 Å². The van der Waals surface area contributed by atoms with Crippen molar-refractivity contribution < 1.29 is 18.4 Å². The van der Waals surface area contributed by atoms with Crippen LogP contribution in [-0.2, 0) is 4.79 Å². The Morgan fingerprint density at radius 1 is 1.28 bits per heavy atom. The average molecular weight is 369 g/mol. The van der Waals surface area contributed by atoms with Crippen molar-refractivity contribution in [1.29, 1.82) is 0 Å². The van der Waals surface area contributed by atoms with E-state index in [2.05, 4.69) is 10.6 Å². The Kier molecular flexibility index (Phi) is 5.25. The van der Waals surface area contributed by atoms with Gasteiger partial charge >= 0.3 is 6.03 Å². The van der Waals surface area contributed by atoms with Gasteiger partial charge in [0.25, 0.3) is 0 Å². The van der Waals surface area contributed by atoms with E-state index in [1.165, 1.54) is 29.6 Å². The summed E-state index contributed by atoms with van der Waals surface area (Å²) in [6, 6.07) is 1.48. The second kappa shape index (κ2) is 6.47. The minimum Gasteiger partial charge on any atom is -0.376 e. The summed E-state index contributed by atoms with van der Waals surface area (Å²) >= 11 is 1.54. The predicted octanol–water partition coefficient (Wildman–Crippen LogP) is 1.44. The van der Waals surface area contributed by atoms with Gasteiger partial charge in [-0.3, -0.25) is 10.1 Å². The Bertz CT molecular complexity index is 459. The van der Waals surface area contributed by atoms with E-state index in [-0.39, 0.29) is 15.8 Å².